The van der Waals surface area contributed by atoms with Crippen molar-refractivity contribution in [3.05, 3.63) is 17.7 Å². The summed E-state index contributed by atoms with van der Waals surface area (Å²) in [4.78, 5) is 0. The van der Waals surface area contributed by atoms with Gasteiger partial charge in [-0.2, -0.15) is 13.2 Å². The molecule has 0 aliphatic carbocycles. The van der Waals surface area contributed by atoms with Gasteiger partial charge in [0.2, 0.25) is 5.75 Å². The van der Waals surface area contributed by atoms with Crippen molar-refractivity contribution in [3.63, 3.8) is 0 Å². The summed E-state index contributed by atoms with van der Waals surface area (Å²) in [6.45, 7) is 0. The zero-order valence-electron chi connectivity index (χ0n) is 9.72. The number of hydrogen-bond donors (Lipinski definition) is 0. The molecular weight excluding hydrogens is 237 g/mol. The van der Waals surface area contributed by atoms with Gasteiger partial charge in [-0.05, 0) is 17.7 Å². The molecule has 0 N–H and O–H groups in total. The molecule has 0 fully saturated rings. The third kappa shape index (κ3) is 3.44. The Bertz CT molecular complexity index is 363. The van der Waals surface area contributed by atoms with E-state index in [1.807, 2.05) is 0 Å². The summed E-state index contributed by atoms with van der Waals surface area (Å²) in [6, 6.07) is 2.57. The normalized spacial score (nSPS) is 11.2. The SMILES string of the molecule is COc1cc(CC(F)(F)F)cc(OC)c1OC. The van der Waals surface area contributed by atoms with Crippen LogP contribution in [0.5, 0.6) is 17.2 Å². The lowest BCUT2D eigenvalue weighted by atomic mass is 10.1. The molecule has 0 bridgehead atoms. The number of hydrogen-bond acceptors (Lipinski definition) is 3. The fourth-order valence-corrected chi connectivity index (χ4v) is 1.47. The highest BCUT2D eigenvalue weighted by Gasteiger charge is 2.29. The molecule has 0 aliphatic heterocycles. The molecule has 6 heteroatoms. The van der Waals surface area contributed by atoms with Gasteiger partial charge in [-0.25, -0.2) is 0 Å². The smallest absolute Gasteiger partial charge is 0.393 e. The van der Waals surface area contributed by atoms with Gasteiger partial charge in [0.05, 0.1) is 27.8 Å². The van der Waals surface area contributed by atoms with E-state index in [-0.39, 0.29) is 22.8 Å². The monoisotopic (exact) mass is 250 g/mol. The molecule has 1 aromatic rings. The van der Waals surface area contributed by atoms with E-state index in [2.05, 4.69) is 0 Å². The van der Waals surface area contributed by atoms with Gasteiger partial charge >= 0.3 is 6.18 Å². The van der Waals surface area contributed by atoms with Gasteiger partial charge in [-0.1, -0.05) is 0 Å². The molecule has 17 heavy (non-hydrogen) atoms. The van der Waals surface area contributed by atoms with Crippen LogP contribution in [0.25, 0.3) is 0 Å². The Labute approximate surface area is 97.1 Å². The first-order valence-corrected chi connectivity index (χ1v) is 4.77. The lowest BCUT2D eigenvalue weighted by molar-refractivity contribution is -0.127. The Morgan fingerprint density at radius 3 is 1.71 bits per heavy atom. The zero-order chi connectivity index (χ0) is 13.1. The third-order valence-corrected chi connectivity index (χ3v) is 2.13. The minimum absolute atomic E-state index is 0.0620. The van der Waals surface area contributed by atoms with Crippen LogP contribution in [-0.2, 0) is 6.42 Å². The predicted molar refractivity (Wildman–Crippen MR) is 55.9 cm³/mol. The van der Waals surface area contributed by atoms with Crippen molar-refractivity contribution in [1.82, 2.24) is 0 Å². The molecule has 0 saturated heterocycles. The van der Waals surface area contributed by atoms with E-state index in [1.54, 1.807) is 0 Å². The van der Waals surface area contributed by atoms with E-state index in [0.717, 1.165) is 0 Å². The molecule has 0 aliphatic rings. The topological polar surface area (TPSA) is 27.7 Å². The standard InChI is InChI=1S/C11H13F3O3/c1-15-8-4-7(6-11(12,13)14)5-9(16-2)10(8)17-3/h4-5H,6H2,1-3H3. The second-order valence-electron chi connectivity index (χ2n) is 3.33. The van der Waals surface area contributed by atoms with Crippen LogP contribution in [0.15, 0.2) is 12.1 Å². The Hall–Kier alpha value is -1.59. The van der Waals surface area contributed by atoms with Crippen LogP contribution in [0.2, 0.25) is 0 Å². The molecule has 1 rings (SSSR count). The quantitative estimate of drug-likeness (QED) is 0.822. The highest BCUT2D eigenvalue weighted by Crippen LogP contribution is 2.39. The van der Waals surface area contributed by atoms with Crippen LogP contribution in [-0.4, -0.2) is 27.5 Å². The molecule has 1 aromatic carbocycles. The third-order valence-electron chi connectivity index (χ3n) is 2.13. The van der Waals surface area contributed by atoms with Gasteiger partial charge in [0, 0.05) is 0 Å². The van der Waals surface area contributed by atoms with Gasteiger partial charge in [-0.3, -0.25) is 0 Å². The first kappa shape index (κ1) is 13.5. The number of methoxy groups -OCH3 is 3. The molecule has 0 atom stereocenters. The Morgan fingerprint density at radius 2 is 1.41 bits per heavy atom. The predicted octanol–water partition coefficient (Wildman–Crippen LogP) is 2.82. The van der Waals surface area contributed by atoms with Crippen molar-refractivity contribution in [2.24, 2.45) is 0 Å². The summed E-state index contributed by atoms with van der Waals surface area (Å²) in [6.07, 6.45) is -5.31. The average molecular weight is 250 g/mol. The zero-order valence-corrected chi connectivity index (χ0v) is 9.72. The van der Waals surface area contributed by atoms with E-state index in [1.165, 1.54) is 33.5 Å². The first-order chi connectivity index (χ1) is 7.91. The number of ether oxygens (including phenoxy) is 3. The van der Waals surface area contributed by atoms with Crippen molar-refractivity contribution < 1.29 is 27.4 Å². The fraction of sp³-hybridized carbons (Fsp3) is 0.455. The number of rotatable bonds is 4. The Balaban J connectivity index is 3.18. The summed E-state index contributed by atoms with van der Waals surface area (Å²) in [5.41, 5.74) is 0.0620. The van der Waals surface area contributed by atoms with Gasteiger partial charge in [-0.15, -0.1) is 0 Å². The summed E-state index contributed by atoms with van der Waals surface area (Å²) >= 11 is 0. The van der Waals surface area contributed by atoms with Crippen LogP contribution in [0.3, 0.4) is 0 Å². The van der Waals surface area contributed by atoms with Crippen LogP contribution in [0, 0.1) is 0 Å². The molecule has 0 spiro atoms. The van der Waals surface area contributed by atoms with Crippen molar-refractivity contribution in [2.75, 3.05) is 21.3 Å². The molecule has 0 saturated carbocycles. The molecule has 96 valence electrons. The largest absolute Gasteiger partial charge is 0.493 e. The van der Waals surface area contributed by atoms with Crippen molar-refractivity contribution >= 4 is 0 Å². The number of alkyl halides is 3. The molecule has 0 radical (unpaired) electrons. The maximum atomic E-state index is 12.3. The average Bonchev–Trinajstić information content (AvgIpc) is 2.25. The maximum absolute atomic E-state index is 12.3. The fourth-order valence-electron chi connectivity index (χ4n) is 1.47. The molecular formula is C11H13F3O3. The van der Waals surface area contributed by atoms with Gasteiger partial charge < -0.3 is 14.2 Å². The van der Waals surface area contributed by atoms with E-state index >= 15 is 0 Å². The van der Waals surface area contributed by atoms with E-state index in [9.17, 15) is 13.2 Å². The summed E-state index contributed by atoms with van der Waals surface area (Å²) in [7, 11) is 4.10. The van der Waals surface area contributed by atoms with Crippen LogP contribution >= 0.6 is 0 Å². The van der Waals surface area contributed by atoms with Crippen LogP contribution in [0.1, 0.15) is 5.56 Å². The van der Waals surface area contributed by atoms with Crippen molar-refractivity contribution in [3.8, 4) is 17.2 Å². The summed E-state index contributed by atoms with van der Waals surface area (Å²) in [5, 5.41) is 0. The lowest BCUT2D eigenvalue weighted by Crippen LogP contribution is -2.11. The van der Waals surface area contributed by atoms with Gasteiger partial charge in [0.1, 0.15) is 0 Å². The minimum Gasteiger partial charge on any atom is -0.493 e. The van der Waals surface area contributed by atoms with Gasteiger partial charge in [0.15, 0.2) is 11.5 Å². The lowest BCUT2D eigenvalue weighted by Gasteiger charge is -2.14. The molecule has 0 aromatic heterocycles. The molecule has 0 amide bonds. The summed E-state index contributed by atoms with van der Waals surface area (Å²) in [5.74, 6) is 0.707. The number of halogens is 3. The first-order valence-electron chi connectivity index (χ1n) is 4.77. The summed E-state index contributed by atoms with van der Waals surface area (Å²) < 4.78 is 51.8. The highest BCUT2D eigenvalue weighted by molar-refractivity contribution is 5.53. The minimum atomic E-state index is -4.27. The Kier molecular flexibility index (Phi) is 4.09. The number of benzene rings is 1. The van der Waals surface area contributed by atoms with Crippen LogP contribution in [0.4, 0.5) is 13.2 Å². The maximum Gasteiger partial charge on any atom is 0.393 e. The van der Waals surface area contributed by atoms with Crippen LogP contribution < -0.4 is 14.2 Å². The highest BCUT2D eigenvalue weighted by atomic mass is 19.4. The van der Waals surface area contributed by atoms with E-state index < -0.39 is 12.6 Å². The Morgan fingerprint density at radius 1 is 0.941 bits per heavy atom. The molecule has 0 unspecified atom stereocenters. The second kappa shape index (κ2) is 5.16. The second-order valence-corrected chi connectivity index (χ2v) is 3.33. The van der Waals surface area contributed by atoms with E-state index in [4.69, 9.17) is 14.2 Å². The van der Waals surface area contributed by atoms with E-state index in [0.29, 0.717) is 0 Å². The molecule has 3 nitrogen and oxygen atoms in total. The van der Waals surface area contributed by atoms with Gasteiger partial charge in [0.25, 0.3) is 0 Å². The van der Waals surface area contributed by atoms with Crippen molar-refractivity contribution in [1.29, 1.82) is 0 Å². The van der Waals surface area contributed by atoms with Crippen molar-refractivity contribution in [2.45, 2.75) is 12.6 Å². The molecule has 0 heterocycles.